The summed E-state index contributed by atoms with van der Waals surface area (Å²) >= 11 is 0. The summed E-state index contributed by atoms with van der Waals surface area (Å²) in [6.07, 6.45) is 2.45. The number of benzene rings is 1. The largest absolute Gasteiger partial charge is 0.486 e. The van der Waals surface area contributed by atoms with Crippen molar-refractivity contribution in [2.45, 2.75) is 19.4 Å². The van der Waals surface area contributed by atoms with Crippen LogP contribution < -0.4 is 14.8 Å². The lowest BCUT2D eigenvalue weighted by molar-refractivity contribution is 0.0547. The molecule has 2 aliphatic heterocycles. The number of rotatable bonds is 4. The Bertz CT molecular complexity index is 416. The smallest absolute Gasteiger partial charge is 0.165 e. The van der Waals surface area contributed by atoms with Crippen LogP contribution in [-0.4, -0.2) is 33.0 Å². The van der Waals surface area contributed by atoms with E-state index in [4.69, 9.17) is 14.2 Å². The van der Waals surface area contributed by atoms with Crippen LogP contribution in [-0.2, 0) is 11.3 Å². The molecule has 4 heteroatoms. The molecule has 4 nitrogen and oxygen atoms in total. The van der Waals surface area contributed by atoms with Gasteiger partial charge in [-0.2, -0.15) is 0 Å². The van der Waals surface area contributed by atoms with Crippen LogP contribution in [0, 0.1) is 5.92 Å². The normalized spacial score (nSPS) is 22.2. The van der Waals surface area contributed by atoms with Gasteiger partial charge in [0, 0.05) is 25.3 Å². The fraction of sp³-hybridized carbons (Fsp3) is 0.600. The van der Waals surface area contributed by atoms with Gasteiger partial charge in [-0.3, -0.25) is 0 Å². The van der Waals surface area contributed by atoms with E-state index in [2.05, 4.69) is 11.4 Å². The zero-order valence-electron chi connectivity index (χ0n) is 11.2. The van der Waals surface area contributed by atoms with Crippen LogP contribution in [0.15, 0.2) is 18.2 Å². The number of ether oxygens (including phenoxy) is 3. The van der Waals surface area contributed by atoms with E-state index < -0.39 is 0 Å². The molecular formula is C15H21NO3. The van der Waals surface area contributed by atoms with E-state index in [1.165, 1.54) is 18.4 Å². The van der Waals surface area contributed by atoms with Gasteiger partial charge in [0.25, 0.3) is 0 Å². The molecule has 0 bridgehead atoms. The second kappa shape index (κ2) is 6.26. The Balaban J connectivity index is 1.54. The van der Waals surface area contributed by atoms with Crippen LogP contribution >= 0.6 is 0 Å². The van der Waals surface area contributed by atoms with Crippen LogP contribution in [0.1, 0.15) is 18.4 Å². The molecule has 1 atom stereocenters. The molecule has 1 unspecified atom stereocenters. The average molecular weight is 263 g/mol. The van der Waals surface area contributed by atoms with Gasteiger partial charge in [0.2, 0.25) is 0 Å². The minimum atomic E-state index is 0.639. The monoisotopic (exact) mass is 263 g/mol. The second-order valence-electron chi connectivity index (χ2n) is 5.16. The lowest BCUT2D eigenvalue weighted by atomic mass is 10.0. The highest BCUT2D eigenvalue weighted by molar-refractivity contribution is 5.47. The topological polar surface area (TPSA) is 39.7 Å². The van der Waals surface area contributed by atoms with Crippen LogP contribution in [0.2, 0.25) is 0 Å². The summed E-state index contributed by atoms with van der Waals surface area (Å²) in [6.45, 7) is 4.92. The van der Waals surface area contributed by atoms with Crippen molar-refractivity contribution >= 4 is 0 Å². The van der Waals surface area contributed by atoms with Gasteiger partial charge in [0.1, 0.15) is 13.2 Å². The molecule has 0 amide bonds. The Labute approximate surface area is 114 Å². The number of para-hydroxylation sites is 1. The quantitative estimate of drug-likeness (QED) is 0.901. The highest BCUT2D eigenvalue weighted by Gasteiger charge is 2.16. The minimum absolute atomic E-state index is 0.639. The number of fused-ring (bicyclic) bond motifs is 1. The molecule has 0 aliphatic carbocycles. The average Bonchev–Trinajstić information content (AvgIpc) is 2.49. The van der Waals surface area contributed by atoms with Crippen molar-refractivity contribution in [3.63, 3.8) is 0 Å². The molecule has 1 N–H and O–H groups in total. The number of hydrogen-bond acceptors (Lipinski definition) is 4. The predicted octanol–water partition coefficient (Wildman–Crippen LogP) is 1.97. The van der Waals surface area contributed by atoms with Crippen molar-refractivity contribution < 1.29 is 14.2 Å². The van der Waals surface area contributed by atoms with Gasteiger partial charge in [-0.05, 0) is 24.8 Å². The Morgan fingerprint density at radius 1 is 1.16 bits per heavy atom. The summed E-state index contributed by atoms with van der Waals surface area (Å²) in [4.78, 5) is 0. The summed E-state index contributed by atoms with van der Waals surface area (Å²) in [5, 5.41) is 3.51. The van der Waals surface area contributed by atoms with Crippen molar-refractivity contribution in [1.29, 1.82) is 0 Å². The molecule has 2 aliphatic rings. The van der Waals surface area contributed by atoms with E-state index in [1.54, 1.807) is 0 Å². The van der Waals surface area contributed by atoms with Crippen LogP contribution in [0.5, 0.6) is 11.5 Å². The maximum absolute atomic E-state index is 5.71. The first-order chi connectivity index (χ1) is 9.43. The first-order valence-electron chi connectivity index (χ1n) is 7.09. The van der Waals surface area contributed by atoms with E-state index in [-0.39, 0.29) is 0 Å². The zero-order valence-corrected chi connectivity index (χ0v) is 11.2. The van der Waals surface area contributed by atoms with E-state index in [0.29, 0.717) is 19.1 Å². The summed E-state index contributed by atoms with van der Waals surface area (Å²) in [7, 11) is 0. The van der Waals surface area contributed by atoms with Gasteiger partial charge in [-0.15, -0.1) is 0 Å². The summed E-state index contributed by atoms with van der Waals surface area (Å²) in [6, 6.07) is 6.08. The molecule has 0 spiro atoms. The fourth-order valence-corrected chi connectivity index (χ4v) is 2.65. The van der Waals surface area contributed by atoms with E-state index in [0.717, 1.165) is 37.8 Å². The summed E-state index contributed by atoms with van der Waals surface area (Å²) in [5.74, 6) is 2.41. The van der Waals surface area contributed by atoms with Gasteiger partial charge >= 0.3 is 0 Å². The van der Waals surface area contributed by atoms with E-state index >= 15 is 0 Å². The van der Waals surface area contributed by atoms with Crippen molar-refractivity contribution in [2.75, 3.05) is 33.0 Å². The maximum atomic E-state index is 5.71. The van der Waals surface area contributed by atoms with Gasteiger partial charge in [-0.1, -0.05) is 12.1 Å². The van der Waals surface area contributed by atoms with Crippen molar-refractivity contribution in [3.8, 4) is 11.5 Å². The molecule has 0 aromatic heterocycles. The second-order valence-corrected chi connectivity index (χ2v) is 5.16. The SMILES string of the molecule is c1cc(CNCC2CCCOC2)c2c(c1)OCCO2. The van der Waals surface area contributed by atoms with Crippen LogP contribution in [0.25, 0.3) is 0 Å². The molecule has 3 rings (SSSR count). The van der Waals surface area contributed by atoms with Gasteiger partial charge in [0.05, 0.1) is 6.61 Å². The van der Waals surface area contributed by atoms with Crippen molar-refractivity contribution in [1.82, 2.24) is 5.32 Å². The molecule has 1 fully saturated rings. The van der Waals surface area contributed by atoms with Crippen LogP contribution in [0.3, 0.4) is 0 Å². The van der Waals surface area contributed by atoms with Gasteiger partial charge in [-0.25, -0.2) is 0 Å². The maximum Gasteiger partial charge on any atom is 0.165 e. The van der Waals surface area contributed by atoms with Crippen molar-refractivity contribution in [3.05, 3.63) is 23.8 Å². The Morgan fingerprint density at radius 3 is 3.00 bits per heavy atom. The number of hydrogen-bond donors (Lipinski definition) is 1. The third-order valence-electron chi connectivity index (χ3n) is 3.65. The first-order valence-corrected chi connectivity index (χ1v) is 7.09. The summed E-state index contributed by atoms with van der Waals surface area (Å²) in [5.41, 5.74) is 1.17. The third kappa shape index (κ3) is 3.19. The molecule has 2 heterocycles. The minimum Gasteiger partial charge on any atom is -0.486 e. The zero-order chi connectivity index (χ0) is 12.9. The molecule has 19 heavy (non-hydrogen) atoms. The lowest BCUT2D eigenvalue weighted by Gasteiger charge is -2.23. The standard InChI is InChI=1S/C15H21NO3/c1-4-13(15-14(5-1)18-7-8-19-15)10-16-9-12-3-2-6-17-11-12/h1,4-5,12,16H,2-3,6-11H2. The third-order valence-corrected chi connectivity index (χ3v) is 3.65. The Morgan fingerprint density at radius 2 is 2.11 bits per heavy atom. The first kappa shape index (κ1) is 12.8. The van der Waals surface area contributed by atoms with Gasteiger partial charge < -0.3 is 19.5 Å². The van der Waals surface area contributed by atoms with Crippen LogP contribution in [0.4, 0.5) is 0 Å². The molecule has 1 aromatic carbocycles. The lowest BCUT2D eigenvalue weighted by Crippen LogP contribution is -2.29. The molecule has 1 aromatic rings. The van der Waals surface area contributed by atoms with E-state index in [9.17, 15) is 0 Å². The predicted molar refractivity (Wildman–Crippen MR) is 72.7 cm³/mol. The highest BCUT2D eigenvalue weighted by Crippen LogP contribution is 2.33. The van der Waals surface area contributed by atoms with E-state index in [1.807, 2.05) is 12.1 Å². The highest BCUT2D eigenvalue weighted by atomic mass is 16.6. The van der Waals surface area contributed by atoms with Gasteiger partial charge in [0.15, 0.2) is 11.5 Å². The van der Waals surface area contributed by atoms with Crippen molar-refractivity contribution in [2.24, 2.45) is 5.92 Å². The molecule has 1 saturated heterocycles. The Hall–Kier alpha value is -1.26. The fourth-order valence-electron chi connectivity index (χ4n) is 2.65. The number of nitrogens with one attached hydrogen (secondary N) is 1. The Kier molecular flexibility index (Phi) is 4.20. The summed E-state index contributed by atoms with van der Waals surface area (Å²) < 4.78 is 16.8. The molecule has 104 valence electrons. The molecular weight excluding hydrogens is 242 g/mol. The molecule has 0 radical (unpaired) electrons. The molecule has 0 saturated carbocycles.